The molecule has 0 spiro atoms. The molecule has 1 aromatic heterocycles. The average molecular weight is 217 g/mol. The quantitative estimate of drug-likeness (QED) is 0.741. The lowest BCUT2D eigenvalue weighted by Gasteiger charge is -2.09. The Labute approximate surface area is 94.8 Å². The fourth-order valence-corrected chi connectivity index (χ4v) is 2.84. The zero-order chi connectivity index (χ0) is 10.8. The Morgan fingerprint density at radius 1 is 1.27 bits per heavy atom. The summed E-state index contributed by atoms with van der Waals surface area (Å²) in [6.45, 7) is 6.46. The molecule has 0 aliphatic rings. The van der Waals surface area contributed by atoms with Crippen molar-refractivity contribution >= 4 is 11.3 Å². The summed E-state index contributed by atoms with van der Waals surface area (Å²) in [5, 5.41) is 0. The molecule has 0 amide bonds. The van der Waals surface area contributed by atoms with Gasteiger partial charge in [-0.1, -0.05) is 25.1 Å². The average Bonchev–Trinajstić information content (AvgIpc) is 2.64. The van der Waals surface area contributed by atoms with E-state index in [0.717, 1.165) is 12.1 Å². The summed E-state index contributed by atoms with van der Waals surface area (Å²) in [4.78, 5) is 5.65. The summed E-state index contributed by atoms with van der Waals surface area (Å²) in [6, 6.07) is 6.52. The van der Waals surface area contributed by atoms with Gasteiger partial charge in [0, 0.05) is 0 Å². The number of hydrogen-bond acceptors (Lipinski definition) is 2. The van der Waals surface area contributed by atoms with E-state index in [1.54, 1.807) is 11.3 Å². The normalized spacial score (nSPS) is 10.6. The molecule has 78 valence electrons. The van der Waals surface area contributed by atoms with E-state index < -0.39 is 0 Å². The summed E-state index contributed by atoms with van der Waals surface area (Å²) in [5.74, 6) is 0. The largest absolute Gasteiger partial charge is 0.249 e. The minimum Gasteiger partial charge on any atom is -0.249 e. The van der Waals surface area contributed by atoms with Crippen LogP contribution in [-0.2, 0) is 6.42 Å². The van der Waals surface area contributed by atoms with Crippen LogP contribution in [-0.4, -0.2) is 4.98 Å². The Kier molecular flexibility index (Phi) is 2.87. The van der Waals surface area contributed by atoms with Gasteiger partial charge in [-0.05, 0) is 37.0 Å². The molecule has 0 atom stereocenters. The molecule has 0 fully saturated rings. The number of benzene rings is 1. The van der Waals surface area contributed by atoms with Gasteiger partial charge in [-0.3, -0.25) is 0 Å². The van der Waals surface area contributed by atoms with Crippen LogP contribution >= 0.6 is 11.3 Å². The predicted molar refractivity (Wildman–Crippen MR) is 66.4 cm³/mol. The Balaban J connectivity index is 2.66. The third kappa shape index (κ3) is 1.82. The number of aromatic nitrogens is 1. The van der Waals surface area contributed by atoms with Crippen molar-refractivity contribution in [2.75, 3.05) is 0 Å². The van der Waals surface area contributed by atoms with E-state index in [-0.39, 0.29) is 0 Å². The summed E-state index contributed by atoms with van der Waals surface area (Å²) in [5.41, 5.74) is 7.23. The molecular weight excluding hydrogens is 202 g/mol. The van der Waals surface area contributed by atoms with Crippen LogP contribution in [0.15, 0.2) is 23.7 Å². The molecule has 1 aromatic carbocycles. The lowest BCUT2D eigenvalue weighted by atomic mass is 9.98. The van der Waals surface area contributed by atoms with Crippen molar-refractivity contribution in [3.05, 3.63) is 40.5 Å². The topological polar surface area (TPSA) is 12.9 Å². The smallest absolute Gasteiger partial charge is 0.0801 e. The fraction of sp³-hybridized carbons (Fsp3) is 0.308. The number of nitrogens with zero attached hydrogens (tertiary/aromatic N) is 1. The van der Waals surface area contributed by atoms with Gasteiger partial charge < -0.3 is 0 Å². The second kappa shape index (κ2) is 4.15. The molecule has 2 rings (SSSR count). The second-order valence-corrected chi connectivity index (χ2v) is 4.58. The van der Waals surface area contributed by atoms with Crippen LogP contribution in [0.3, 0.4) is 0 Å². The summed E-state index contributed by atoms with van der Waals surface area (Å²) in [6.07, 6.45) is 1.08. The highest BCUT2D eigenvalue weighted by Gasteiger charge is 2.11. The van der Waals surface area contributed by atoms with E-state index in [0.29, 0.717) is 0 Å². The maximum absolute atomic E-state index is 4.33. The van der Waals surface area contributed by atoms with Crippen LogP contribution in [0.4, 0.5) is 0 Å². The molecule has 0 saturated heterocycles. The lowest BCUT2D eigenvalue weighted by molar-refractivity contribution is 1.13. The van der Waals surface area contributed by atoms with E-state index in [4.69, 9.17) is 0 Å². The molecule has 1 heterocycles. The van der Waals surface area contributed by atoms with Crippen LogP contribution in [0.2, 0.25) is 0 Å². The van der Waals surface area contributed by atoms with Crippen LogP contribution in [0.5, 0.6) is 0 Å². The third-order valence-corrected chi connectivity index (χ3v) is 3.66. The minimum atomic E-state index is 1.08. The number of rotatable bonds is 2. The van der Waals surface area contributed by atoms with Crippen molar-refractivity contribution in [3.63, 3.8) is 0 Å². The van der Waals surface area contributed by atoms with E-state index in [1.165, 1.54) is 21.6 Å². The van der Waals surface area contributed by atoms with Crippen molar-refractivity contribution in [3.8, 4) is 10.4 Å². The fourth-order valence-electron chi connectivity index (χ4n) is 1.89. The monoisotopic (exact) mass is 217 g/mol. The molecule has 0 bridgehead atoms. The highest BCUT2D eigenvalue weighted by molar-refractivity contribution is 7.13. The van der Waals surface area contributed by atoms with E-state index >= 15 is 0 Å². The van der Waals surface area contributed by atoms with Crippen molar-refractivity contribution in [1.82, 2.24) is 4.98 Å². The standard InChI is InChI=1S/C13H15NS/c1-4-11-7-5-6-9(2)12(11)13-10(3)14-8-15-13/h5-8H,4H2,1-3H3. The molecule has 0 unspecified atom stereocenters. The van der Waals surface area contributed by atoms with Gasteiger partial charge in [0.2, 0.25) is 0 Å². The Morgan fingerprint density at radius 3 is 2.67 bits per heavy atom. The van der Waals surface area contributed by atoms with Gasteiger partial charge in [0.05, 0.1) is 16.1 Å². The number of thiazole rings is 1. The Bertz CT molecular complexity index is 471. The Hall–Kier alpha value is -1.15. The molecule has 0 saturated carbocycles. The molecule has 0 N–H and O–H groups in total. The third-order valence-electron chi connectivity index (χ3n) is 2.71. The summed E-state index contributed by atoms with van der Waals surface area (Å²) >= 11 is 1.74. The molecule has 1 nitrogen and oxygen atoms in total. The first-order valence-corrected chi connectivity index (χ1v) is 6.11. The van der Waals surface area contributed by atoms with Crippen LogP contribution in [0.25, 0.3) is 10.4 Å². The maximum atomic E-state index is 4.33. The number of hydrogen-bond donors (Lipinski definition) is 0. The van der Waals surface area contributed by atoms with Crippen molar-refractivity contribution in [2.45, 2.75) is 27.2 Å². The van der Waals surface area contributed by atoms with E-state index in [9.17, 15) is 0 Å². The molecule has 2 aromatic rings. The predicted octanol–water partition coefficient (Wildman–Crippen LogP) is 3.99. The van der Waals surface area contributed by atoms with Crippen molar-refractivity contribution in [1.29, 1.82) is 0 Å². The van der Waals surface area contributed by atoms with Gasteiger partial charge in [0.25, 0.3) is 0 Å². The first-order valence-electron chi connectivity index (χ1n) is 5.23. The maximum Gasteiger partial charge on any atom is 0.0801 e. The first-order chi connectivity index (χ1) is 7.24. The highest BCUT2D eigenvalue weighted by Crippen LogP contribution is 2.33. The second-order valence-electron chi connectivity index (χ2n) is 3.73. The SMILES string of the molecule is CCc1cccc(C)c1-c1scnc1C. The van der Waals surface area contributed by atoms with Gasteiger partial charge in [0.1, 0.15) is 0 Å². The molecule has 0 radical (unpaired) electrons. The summed E-state index contributed by atoms with van der Waals surface area (Å²) in [7, 11) is 0. The van der Waals surface area contributed by atoms with Crippen LogP contribution < -0.4 is 0 Å². The zero-order valence-corrected chi connectivity index (χ0v) is 10.2. The van der Waals surface area contributed by atoms with Gasteiger partial charge in [-0.25, -0.2) is 4.98 Å². The lowest BCUT2D eigenvalue weighted by Crippen LogP contribution is -1.90. The number of aryl methyl sites for hydroxylation is 3. The molecule has 0 aliphatic heterocycles. The Morgan fingerprint density at radius 2 is 2.07 bits per heavy atom. The van der Waals surface area contributed by atoms with Crippen molar-refractivity contribution in [2.24, 2.45) is 0 Å². The van der Waals surface area contributed by atoms with E-state index in [1.807, 2.05) is 5.51 Å². The van der Waals surface area contributed by atoms with Gasteiger partial charge in [-0.15, -0.1) is 11.3 Å². The van der Waals surface area contributed by atoms with Gasteiger partial charge in [0.15, 0.2) is 0 Å². The van der Waals surface area contributed by atoms with Crippen molar-refractivity contribution < 1.29 is 0 Å². The van der Waals surface area contributed by atoms with E-state index in [2.05, 4.69) is 44.0 Å². The molecule has 15 heavy (non-hydrogen) atoms. The molecule has 0 aliphatic carbocycles. The van der Waals surface area contributed by atoms with Gasteiger partial charge in [-0.2, -0.15) is 0 Å². The van der Waals surface area contributed by atoms with Crippen LogP contribution in [0.1, 0.15) is 23.7 Å². The molecule has 2 heteroatoms. The highest BCUT2D eigenvalue weighted by atomic mass is 32.1. The zero-order valence-electron chi connectivity index (χ0n) is 9.37. The first kappa shape index (κ1) is 10.4. The van der Waals surface area contributed by atoms with Gasteiger partial charge >= 0.3 is 0 Å². The molecular formula is C13H15NS. The minimum absolute atomic E-state index is 1.08. The van der Waals surface area contributed by atoms with Crippen LogP contribution in [0, 0.1) is 13.8 Å². The summed E-state index contributed by atoms with van der Waals surface area (Å²) < 4.78 is 0.